The average molecular weight is 535 g/mol. The number of fused-ring (bicyclic) bond motifs is 1. The first kappa shape index (κ1) is 30.1. The summed E-state index contributed by atoms with van der Waals surface area (Å²) < 4.78 is 0. The van der Waals surface area contributed by atoms with E-state index in [2.05, 4.69) is 20.9 Å². The Labute approximate surface area is 220 Å². The molecule has 0 fully saturated rings. The number of carboxylic acids is 1. The Kier molecular flexibility index (Phi) is 12.4. The number of thioether (sulfide) groups is 1. The lowest BCUT2D eigenvalue weighted by Crippen LogP contribution is -2.57. The lowest BCUT2D eigenvalue weighted by atomic mass is 10.0. The predicted molar refractivity (Wildman–Crippen MR) is 145 cm³/mol. The summed E-state index contributed by atoms with van der Waals surface area (Å²) in [6.45, 7) is 1.78. The first-order valence-electron chi connectivity index (χ1n) is 12.3. The molecule has 2 aromatic rings. The van der Waals surface area contributed by atoms with E-state index in [1.54, 1.807) is 18.0 Å². The number of rotatable bonds is 16. The van der Waals surface area contributed by atoms with Crippen LogP contribution in [0.3, 0.4) is 0 Å². The van der Waals surface area contributed by atoms with E-state index in [1.165, 1.54) is 6.92 Å². The minimum absolute atomic E-state index is 0.116. The molecule has 0 aliphatic carbocycles. The number of amides is 3. The van der Waals surface area contributed by atoms with Crippen LogP contribution in [0.4, 0.5) is 0 Å². The van der Waals surface area contributed by atoms with Crippen LogP contribution in [0.25, 0.3) is 10.9 Å². The van der Waals surface area contributed by atoms with Crippen molar-refractivity contribution < 1.29 is 24.3 Å². The van der Waals surface area contributed by atoms with Crippen LogP contribution in [-0.4, -0.2) is 76.5 Å². The molecular formula is C25H38N6O5S. The Bertz CT molecular complexity index is 1060. The van der Waals surface area contributed by atoms with Gasteiger partial charge in [0.1, 0.15) is 18.1 Å². The van der Waals surface area contributed by atoms with Crippen molar-refractivity contribution in [1.29, 1.82) is 0 Å². The summed E-state index contributed by atoms with van der Waals surface area (Å²) in [6, 6.07) is 3.61. The molecule has 0 saturated heterocycles. The van der Waals surface area contributed by atoms with Gasteiger partial charge in [0, 0.05) is 23.5 Å². The molecule has 0 saturated carbocycles. The zero-order chi connectivity index (χ0) is 27.4. The topological polar surface area (TPSA) is 192 Å². The molecule has 0 bridgehead atoms. The number of aromatic amines is 1. The van der Waals surface area contributed by atoms with Crippen molar-refractivity contribution in [2.45, 2.75) is 63.2 Å². The number of para-hydroxylation sites is 1. The standard InChI is InChI=1S/C25H38N6O5S/c1-15(25(35)36)29-24(34)21(13-16-14-28-19-8-4-3-7-17(16)19)31-23(33)20(9-5-6-11-26)30-22(32)18(27)10-12-37-2/h3-4,7-8,14-15,18,20-21,28H,5-6,9-13,26-27H2,1-2H3,(H,29,34)(H,30,32)(H,31,33)(H,35,36). The molecule has 0 aliphatic rings. The molecule has 0 spiro atoms. The quantitative estimate of drug-likeness (QED) is 0.151. The molecule has 2 rings (SSSR count). The van der Waals surface area contributed by atoms with Crippen molar-refractivity contribution >= 4 is 46.4 Å². The monoisotopic (exact) mass is 534 g/mol. The van der Waals surface area contributed by atoms with Gasteiger partial charge in [-0.25, -0.2) is 0 Å². The second-order valence-corrected chi connectivity index (χ2v) is 9.91. The third kappa shape index (κ3) is 9.38. The zero-order valence-electron chi connectivity index (χ0n) is 21.3. The van der Waals surface area contributed by atoms with Crippen molar-refractivity contribution in [3.63, 3.8) is 0 Å². The van der Waals surface area contributed by atoms with Crippen LogP contribution in [0, 0.1) is 0 Å². The number of unbranched alkanes of at least 4 members (excludes halogenated alkanes) is 1. The van der Waals surface area contributed by atoms with Gasteiger partial charge >= 0.3 is 5.97 Å². The highest BCUT2D eigenvalue weighted by Crippen LogP contribution is 2.19. The van der Waals surface area contributed by atoms with E-state index < -0.39 is 47.9 Å². The van der Waals surface area contributed by atoms with Gasteiger partial charge in [-0.15, -0.1) is 0 Å². The normalized spacial score (nSPS) is 14.4. The number of aliphatic carboxylic acids is 1. The Morgan fingerprint density at radius 3 is 2.35 bits per heavy atom. The maximum atomic E-state index is 13.3. The van der Waals surface area contributed by atoms with Crippen molar-refractivity contribution in [3.8, 4) is 0 Å². The number of carbonyl (C=O) groups is 4. The minimum atomic E-state index is -1.20. The summed E-state index contributed by atoms with van der Waals surface area (Å²) in [4.78, 5) is 53.5. The van der Waals surface area contributed by atoms with Crippen molar-refractivity contribution in [2.24, 2.45) is 11.5 Å². The molecule has 4 atom stereocenters. The van der Waals surface area contributed by atoms with Gasteiger partial charge in [0.25, 0.3) is 0 Å². The smallest absolute Gasteiger partial charge is 0.325 e. The molecule has 3 amide bonds. The molecule has 37 heavy (non-hydrogen) atoms. The summed E-state index contributed by atoms with van der Waals surface area (Å²) in [5, 5.41) is 18.0. The summed E-state index contributed by atoms with van der Waals surface area (Å²) in [6.07, 6.45) is 5.81. The van der Waals surface area contributed by atoms with E-state index in [9.17, 15) is 24.3 Å². The highest BCUT2D eigenvalue weighted by Gasteiger charge is 2.30. The van der Waals surface area contributed by atoms with E-state index in [1.807, 2.05) is 30.5 Å². The molecule has 1 heterocycles. The van der Waals surface area contributed by atoms with Gasteiger partial charge in [-0.3, -0.25) is 19.2 Å². The van der Waals surface area contributed by atoms with Crippen LogP contribution >= 0.6 is 11.8 Å². The summed E-state index contributed by atoms with van der Waals surface area (Å²) in [5.74, 6) is -2.13. The van der Waals surface area contributed by atoms with Crippen LogP contribution in [0.5, 0.6) is 0 Å². The second-order valence-electron chi connectivity index (χ2n) is 8.93. The molecule has 9 N–H and O–H groups in total. The number of nitrogens with one attached hydrogen (secondary N) is 4. The molecular weight excluding hydrogens is 496 g/mol. The van der Waals surface area contributed by atoms with Gasteiger partial charge in [-0.2, -0.15) is 11.8 Å². The first-order valence-corrected chi connectivity index (χ1v) is 13.7. The van der Waals surface area contributed by atoms with Crippen LogP contribution in [-0.2, 0) is 25.6 Å². The van der Waals surface area contributed by atoms with Crippen LogP contribution in [0.2, 0.25) is 0 Å². The number of aromatic nitrogens is 1. The number of carbonyl (C=O) groups excluding carboxylic acids is 3. The SMILES string of the molecule is CSCCC(N)C(=O)NC(CCCCN)C(=O)NC(Cc1c[nH]c2ccccc12)C(=O)NC(C)C(=O)O. The number of carboxylic acid groups (broad SMARTS) is 1. The van der Waals surface area contributed by atoms with Gasteiger partial charge in [-0.05, 0) is 62.8 Å². The van der Waals surface area contributed by atoms with Crippen molar-refractivity contribution in [2.75, 3.05) is 18.6 Å². The van der Waals surface area contributed by atoms with E-state index >= 15 is 0 Å². The fourth-order valence-corrected chi connectivity index (χ4v) is 4.28. The van der Waals surface area contributed by atoms with Gasteiger partial charge in [0.15, 0.2) is 0 Å². The summed E-state index contributed by atoms with van der Waals surface area (Å²) in [5.41, 5.74) is 13.2. The average Bonchev–Trinajstić information content (AvgIpc) is 3.28. The zero-order valence-corrected chi connectivity index (χ0v) is 22.1. The fourth-order valence-electron chi connectivity index (χ4n) is 3.79. The highest BCUT2D eigenvalue weighted by molar-refractivity contribution is 7.98. The van der Waals surface area contributed by atoms with Crippen molar-refractivity contribution in [3.05, 3.63) is 36.0 Å². The van der Waals surface area contributed by atoms with Crippen LogP contribution in [0.1, 0.15) is 38.2 Å². The van der Waals surface area contributed by atoms with E-state index in [4.69, 9.17) is 11.5 Å². The Hall–Kier alpha value is -3.09. The first-order chi connectivity index (χ1) is 17.7. The minimum Gasteiger partial charge on any atom is -0.480 e. The lowest BCUT2D eigenvalue weighted by Gasteiger charge is -2.25. The molecule has 4 unspecified atom stereocenters. The second kappa shape index (κ2) is 15.2. The summed E-state index contributed by atoms with van der Waals surface area (Å²) in [7, 11) is 0. The van der Waals surface area contributed by atoms with Crippen molar-refractivity contribution in [1.82, 2.24) is 20.9 Å². The molecule has 1 aromatic carbocycles. The molecule has 12 heteroatoms. The molecule has 0 radical (unpaired) electrons. The Morgan fingerprint density at radius 1 is 1.00 bits per heavy atom. The molecule has 11 nitrogen and oxygen atoms in total. The maximum Gasteiger partial charge on any atom is 0.325 e. The Balaban J connectivity index is 2.24. The van der Waals surface area contributed by atoms with Crippen LogP contribution < -0.4 is 27.4 Å². The van der Waals surface area contributed by atoms with Gasteiger partial charge in [-0.1, -0.05) is 18.2 Å². The number of H-pyrrole nitrogens is 1. The van der Waals surface area contributed by atoms with E-state index in [0.29, 0.717) is 38.0 Å². The molecule has 1 aromatic heterocycles. The number of hydrogen-bond acceptors (Lipinski definition) is 7. The largest absolute Gasteiger partial charge is 0.480 e. The lowest BCUT2D eigenvalue weighted by molar-refractivity contribution is -0.141. The molecule has 204 valence electrons. The van der Waals surface area contributed by atoms with Crippen LogP contribution in [0.15, 0.2) is 30.5 Å². The predicted octanol–water partition coefficient (Wildman–Crippen LogP) is 0.479. The van der Waals surface area contributed by atoms with Gasteiger partial charge in [0.05, 0.1) is 6.04 Å². The maximum absolute atomic E-state index is 13.3. The highest BCUT2D eigenvalue weighted by atomic mass is 32.2. The fraction of sp³-hybridized carbons (Fsp3) is 0.520. The van der Waals surface area contributed by atoms with Gasteiger partial charge < -0.3 is 37.5 Å². The molecule has 0 aliphatic heterocycles. The third-order valence-corrected chi connectivity index (χ3v) is 6.65. The Morgan fingerprint density at radius 2 is 1.68 bits per heavy atom. The van der Waals surface area contributed by atoms with Gasteiger partial charge in [0.2, 0.25) is 17.7 Å². The number of benzene rings is 1. The third-order valence-electron chi connectivity index (χ3n) is 6.01. The number of nitrogens with two attached hydrogens (primary N) is 2. The van der Waals surface area contributed by atoms with E-state index in [-0.39, 0.29) is 6.42 Å². The number of hydrogen-bond donors (Lipinski definition) is 7. The van der Waals surface area contributed by atoms with E-state index in [0.717, 1.165) is 16.5 Å². The summed E-state index contributed by atoms with van der Waals surface area (Å²) >= 11 is 1.57.